The lowest BCUT2D eigenvalue weighted by molar-refractivity contribution is -0.123. The Labute approximate surface area is 168 Å². The summed E-state index contributed by atoms with van der Waals surface area (Å²) in [6.45, 7) is 4.47. The van der Waals surface area contributed by atoms with Gasteiger partial charge in [0, 0.05) is 30.9 Å². The Morgan fingerprint density at radius 2 is 2.29 bits per heavy atom. The summed E-state index contributed by atoms with van der Waals surface area (Å²) in [7, 11) is 0. The van der Waals surface area contributed by atoms with E-state index >= 15 is 0 Å². The zero-order valence-electron chi connectivity index (χ0n) is 15.9. The first-order chi connectivity index (χ1) is 13.5. The number of hydrogen-bond acceptors (Lipinski definition) is 5. The lowest BCUT2D eigenvalue weighted by Gasteiger charge is -2.19. The van der Waals surface area contributed by atoms with Gasteiger partial charge in [0.2, 0.25) is 0 Å². The first-order valence-electron chi connectivity index (χ1n) is 9.23. The van der Waals surface area contributed by atoms with Crippen LogP contribution in [-0.4, -0.2) is 34.4 Å². The van der Waals surface area contributed by atoms with Crippen molar-refractivity contribution in [3.8, 4) is 11.5 Å². The monoisotopic (exact) mass is 397 g/mol. The molecule has 1 aromatic carbocycles. The Morgan fingerprint density at radius 1 is 1.39 bits per heavy atom. The molecule has 6 nitrogen and oxygen atoms in total. The molecule has 2 aromatic heterocycles. The minimum Gasteiger partial charge on any atom is -0.483 e. The van der Waals surface area contributed by atoms with E-state index in [1.807, 2.05) is 60.4 Å². The molecular weight excluding hydrogens is 374 g/mol. The van der Waals surface area contributed by atoms with Gasteiger partial charge in [0.1, 0.15) is 5.60 Å². The maximum absolute atomic E-state index is 12.4. The predicted octanol–water partition coefficient (Wildman–Crippen LogP) is 3.44. The van der Waals surface area contributed by atoms with Gasteiger partial charge >= 0.3 is 0 Å². The Hall–Kier alpha value is -2.80. The van der Waals surface area contributed by atoms with Gasteiger partial charge in [0.15, 0.2) is 18.1 Å². The van der Waals surface area contributed by atoms with E-state index in [4.69, 9.17) is 9.47 Å². The van der Waals surface area contributed by atoms with Crippen molar-refractivity contribution < 1.29 is 14.3 Å². The van der Waals surface area contributed by atoms with Gasteiger partial charge in [-0.25, -0.2) is 0 Å². The number of para-hydroxylation sites is 1. The lowest BCUT2D eigenvalue weighted by atomic mass is 10.0. The van der Waals surface area contributed by atoms with Gasteiger partial charge in [0.05, 0.1) is 6.04 Å². The maximum atomic E-state index is 12.4. The van der Waals surface area contributed by atoms with Crippen molar-refractivity contribution in [2.75, 3.05) is 13.2 Å². The van der Waals surface area contributed by atoms with Crippen molar-refractivity contribution in [2.45, 2.75) is 31.9 Å². The molecule has 0 aliphatic carbocycles. The number of aromatic nitrogens is 2. The fourth-order valence-corrected chi connectivity index (χ4v) is 4.11. The van der Waals surface area contributed by atoms with E-state index in [0.29, 0.717) is 12.3 Å². The molecule has 28 heavy (non-hydrogen) atoms. The lowest BCUT2D eigenvalue weighted by Crippen LogP contribution is -2.34. The van der Waals surface area contributed by atoms with Crippen molar-refractivity contribution in [3.63, 3.8) is 0 Å². The van der Waals surface area contributed by atoms with Crippen molar-refractivity contribution in [2.24, 2.45) is 0 Å². The smallest absolute Gasteiger partial charge is 0.258 e. The molecule has 1 aliphatic rings. The van der Waals surface area contributed by atoms with Crippen molar-refractivity contribution in [1.29, 1.82) is 0 Å². The Bertz CT molecular complexity index is 902. The SMILES string of the molecule is CC1(C)Cc2cccc(OCC(=O)NC[C@@H](c3ccsc3)n3cccn3)c2O1. The predicted molar refractivity (Wildman–Crippen MR) is 108 cm³/mol. The molecule has 4 rings (SSSR count). The Balaban J connectivity index is 1.36. The Kier molecular flexibility index (Phi) is 5.09. The van der Waals surface area contributed by atoms with Crippen LogP contribution in [-0.2, 0) is 11.2 Å². The van der Waals surface area contributed by atoms with Crippen molar-refractivity contribution >= 4 is 17.2 Å². The molecule has 0 spiro atoms. The molecular formula is C21H23N3O3S. The van der Waals surface area contributed by atoms with Crippen LogP contribution in [0.4, 0.5) is 0 Å². The van der Waals surface area contributed by atoms with E-state index in [2.05, 4.69) is 15.8 Å². The largest absolute Gasteiger partial charge is 0.483 e. The van der Waals surface area contributed by atoms with E-state index in [9.17, 15) is 4.79 Å². The number of nitrogens with one attached hydrogen (secondary N) is 1. The number of nitrogens with zero attached hydrogens (tertiary/aromatic N) is 2. The molecule has 0 fully saturated rings. The third-order valence-corrected chi connectivity index (χ3v) is 5.38. The molecule has 1 atom stereocenters. The van der Waals surface area contributed by atoms with Gasteiger partial charge in [-0.05, 0) is 48.4 Å². The fraction of sp³-hybridized carbons (Fsp3) is 0.333. The van der Waals surface area contributed by atoms with E-state index in [0.717, 1.165) is 23.3 Å². The van der Waals surface area contributed by atoms with E-state index in [1.165, 1.54) is 0 Å². The standard InChI is InChI=1S/C21H23N3O3S/c1-21(2)11-15-5-3-6-18(20(15)27-21)26-13-19(25)22-12-17(16-7-10-28-14-16)24-9-4-8-23-24/h3-10,14,17H,11-13H2,1-2H3,(H,22,25)/t17-/m0/s1. The van der Waals surface area contributed by atoms with Crippen LogP contribution < -0.4 is 14.8 Å². The van der Waals surface area contributed by atoms with Crippen LogP contribution in [0.5, 0.6) is 11.5 Å². The van der Waals surface area contributed by atoms with Crippen LogP contribution in [0, 0.1) is 0 Å². The van der Waals surface area contributed by atoms with Crippen molar-refractivity contribution in [1.82, 2.24) is 15.1 Å². The number of ether oxygens (including phenoxy) is 2. The topological polar surface area (TPSA) is 65.4 Å². The maximum Gasteiger partial charge on any atom is 0.258 e. The highest BCUT2D eigenvalue weighted by Crippen LogP contribution is 2.41. The molecule has 7 heteroatoms. The molecule has 0 unspecified atom stereocenters. The van der Waals surface area contributed by atoms with Crippen LogP contribution in [0.15, 0.2) is 53.5 Å². The fourth-order valence-electron chi connectivity index (χ4n) is 3.40. The molecule has 1 N–H and O–H groups in total. The first kappa shape index (κ1) is 18.6. The second-order valence-corrected chi connectivity index (χ2v) is 8.21. The van der Waals surface area contributed by atoms with Crippen molar-refractivity contribution in [3.05, 3.63) is 64.6 Å². The number of thiophene rings is 1. The highest BCUT2D eigenvalue weighted by Gasteiger charge is 2.32. The number of carbonyl (C=O) groups excluding carboxylic acids is 1. The van der Waals surface area contributed by atoms with Gasteiger partial charge in [0.25, 0.3) is 5.91 Å². The molecule has 146 valence electrons. The van der Waals surface area contributed by atoms with Gasteiger partial charge in [-0.2, -0.15) is 16.4 Å². The number of benzene rings is 1. The summed E-state index contributed by atoms with van der Waals surface area (Å²) in [5, 5.41) is 11.4. The molecule has 0 saturated heterocycles. The van der Waals surface area contributed by atoms with Crippen LogP contribution in [0.25, 0.3) is 0 Å². The van der Waals surface area contributed by atoms with Crippen LogP contribution >= 0.6 is 11.3 Å². The molecule has 1 aliphatic heterocycles. The van der Waals surface area contributed by atoms with Crippen LogP contribution in [0.2, 0.25) is 0 Å². The number of hydrogen-bond donors (Lipinski definition) is 1. The molecule has 3 aromatic rings. The minimum absolute atomic E-state index is 0.0460. The third-order valence-electron chi connectivity index (χ3n) is 4.68. The third kappa shape index (κ3) is 4.04. The molecule has 1 amide bonds. The second kappa shape index (κ2) is 7.67. The summed E-state index contributed by atoms with van der Waals surface area (Å²) in [4.78, 5) is 12.4. The quantitative estimate of drug-likeness (QED) is 0.663. The number of fused-ring (bicyclic) bond motifs is 1. The zero-order valence-corrected chi connectivity index (χ0v) is 16.7. The molecule has 0 bridgehead atoms. The second-order valence-electron chi connectivity index (χ2n) is 7.43. The minimum atomic E-state index is -0.248. The van der Waals surface area contributed by atoms with E-state index in [-0.39, 0.29) is 24.2 Å². The summed E-state index contributed by atoms with van der Waals surface area (Å²) in [6.07, 6.45) is 4.47. The van der Waals surface area contributed by atoms with Gasteiger partial charge < -0.3 is 14.8 Å². The molecule has 0 saturated carbocycles. The van der Waals surface area contributed by atoms with Crippen LogP contribution in [0.1, 0.15) is 31.0 Å². The summed E-state index contributed by atoms with van der Waals surface area (Å²) >= 11 is 1.63. The normalized spacial score (nSPS) is 15.5. The summed E-state index contributed by atoms with van der Waals surface area (Å²) in [5.74, 6) is 1.18. The van der Waals surface area contributed by atoms with Gasteiger partial charge in [-0.15, -0.1) is 0 Å². The number of amides is 1. The average molecular weight is 398 g/mol. The molecule has 0 radical (unpaired) electrons. The highest BCUT2D eigenvalue weighted by molar-refractivity contribution is 7.07. The Morgan fingerprint density at radius 3 is 3.04 bits per heavy atom. The highest BCUT2D eigenvalue weighted by atomic mass is 32.1. The zero-order chi connectivity index (χ0) is 19.6. The van der Waals surface area contributed by atoms with E-state index < -0.39 is 0 Å². The van der Waals surface area contributed by atoms with Gasteiger partial charge in [-0.3, -0.25) is 9.48 Å². The van der Waals surface area contributed by atoms with Gasteiger partial charge in [-0.1, -0.05) is 12.1 Å². The van der Waals surface area contributed by atoms with Crippen LogP contribution in [0.3, 0.4) is 0 Å². The summed E-state index contributed by atoms with van der Waals surface area (Å²) in [5.41, 5.74) is 1.98. The summed E-state index contributed by atoms with van der Waals surface area (Å²) in [6, 6.07) is 9.68. The first-order valence-corrected chi connectivity index (χ1v) is 10.2. The van der Waals surface area contributed by atoms with E-state index in [1.54, 1.807) is 17.5 Å². The number of rotatable bonds is 7. The molecule has 3 heterocycles. The average Bonchev–Trinajstić information content (AvgIpc) is 3.40. The summed E-state index contributed by atoms with van der Waals surface area (Å²) < 4.78 is 13.6. The number of carbonyl (C=O) groups is 1.